The van der Waals surface area contributed by atoms with Crippen LogP contribution < -0.4 is 10.6 Å². The SMILES string of the molecule is CCC1(CC)C(NC(=O)c2n[nH]c3c2CNCC3)CC1OC.Cl. The molecule has 3 N–H and O–H groups in total. The van der Waals surface area contributed by atoms with Crippen LogP contribution >= 0.6 is 12.4 Å². The van der Waals surface area contributed by atoms with Crippen molar-refractivity contribution in [1.82, 2.24) is 20.8 Å². The van der Waals surface area contributed by atoms with Crippen molar-refractivity contribution in [2.45, 2.75) is 58.2 Å². The molecule has 2 atom stereocenters. The average Bonchev–Trinajstić information content (AvgIpc) is 2.96. The number of nitrogens with one attached hydrogen (secondary N) is 3. The normalized spacial score (nSPS) is 25.0. The van der Waals surface area contributed by atoms with E-state index in [1.807, 2.05) is 0 Å². The second kappa shape index (κ2) is 7.20. The van der Waals surface area contributed by atoms with Crippen molar-refractivity contribution < 1.29 is 9.53 Å². The number of hydrogen-bond donors (Lipinski definition) is 3. The van der Waals surface area contributed by atoms with E-state index in [1.54, 1.807) is 7.11 Å². The zero-order valence-corrected chi connectivity index (χ0v) is 14.9. The largest absolute Gasteiger partial charge is 0.381 e. The third-order valence-corrected chi connectivity index (χ3v) is 5.71. The topological polar surface area (TPSA) is 79.0 Å². The number of ether oxygens (including phenoxy) is 1. The highest BCUT2D eigenvalue weighted by Gasteiger charge is 2.53. The molecule has 1 saturated carbocycles. The summed E-state index contributed by atoms with van der Waals surface area (Å²) in [6, 6.07) is 0.170. The Balaban J connectivity index is 0.00000192. The molecule has 1 fully saturated rings. The van der Waals surface area contributed by atoms with Gasteiger partial charge in [0.05, 0.1) is 6.10 Å². The molecule has 23 heavy (non-hydrogen) atoms. The summed E-state index contributed by atoms with van der Waals surface area (Å²) in [6.45, 7) is 6.00. The molecule has 1 aromatic rings. The molecule has 130 valence electrons. The van der Waals surface area contributed by atoms with Gasteiger partial charge in [-0.1, -0.05) is 13.8 Å². The minimum Gasteiger partial charge on any atom is -0.381 e. The van der Waals surface area contributed by atoms with Crippen LogP contribution in [0.1, 0.15) is 54.9 Å². The first-order valence-corrected chi connectivity index (χ1v) is 8.26. The number of nitrogens with zero attached hydrogens (tertiary/aromatic N) is 1. The maximum Gasteiger partial charge on any atom is 0.272 e. The van der Waals surface area contributed by atoms with Gasteiger partial charge in [-0.3, -0.25) is 9.89 Å². The van der Waals surface area contributed by atoms with Gasteiger partial charge in [0.1, 0.15) is 0 Å². The van der Waals surface area contributed by atoms with Gasteiger partial charge < -0.3 is 15.4 Å². The molecule has 2 unspecified atom stereocenters. The van der Waals surface area contributed by atoms with Crippen LogP contribution in [0.15, 0.2) is 0 Å². The Kier molecular flexibility index (Phi) is 5.70. The van der Waals surface area contributed by atoms with E-state index in [2.05, 4.69) is 34.7 Å². The molecular weight excluding hydrogens is 316 g/mol. The fourth-order valence-electron chi connectivity index (χ4n) is 4.12. The molecule has 6 nitrogen and oxygen atoms in total. The Morgan fingerprint density at radius 1 is 1.43 bits per heavy atom. The molecule has 3 rings (SSSR count). The van der Waals surface area contributed by atoms with E-state index in [0.29, 0.717) is 12.2 Å². The average molecular weight is 343 g/mol. The monoisotopic (exact) mass is 342 g/mol. The van der Waals surface area contributed by atoms with Crippen molar-refractivity contribution in [2.24, 2.45) is 5.41 Å². The number of methoxy groups -OCH3 is 1. The number of amides is 1. The number of carbonyl (C=O) groups excluding carboxylic acids is 1. The summed E-state index contributed by atoms with van der Waals surface area (Å²) in [5, 5.41) is 13.7. The Hall–Kier alpha value is -1.11. The fraction of sp³-hybridized carbons (Fsp3) is 0.750. The summed E-state index contributed by atoms with van der Waals surface area (Å²) in [5.41, 5.74) is 2.71. The first-order chi connectivity index (χ1) is 10.7. The molecule has 0 aromatic carbocycles. The molecule has 0 radical (unpaired) electrons. The predicted octanol–water partition coefficient (Wildman–Crippen LogP) is 1.80. The van der Waals surface area contributed by atoms with Gasteiger partial charge in [0, 0.05) is 49.3 Å². The number of aromatic nitrogens is 2. The molecule has 2 heterocycles. The Labute approximate surface area is 143 Å². The Morgan fingerprint density at radius 2 is 2.17 bits per heavy atom. The molecular formula is C16H27ClN4O2. The minimum atomic E-state index is -0.0629. The molecule has 0 saturated heterocycles. The van der Waals surface area contributed by atoms with Crippen LogP contribution in [0.3, 0.4) is 0 Å². The van der Waals surface area contributed by atoms with Gasteiger partial charge in [-0.15, -0.1) is 12.4 Å². The van der Waals surface area contributed by atoms with Crippen LogP contribution in [-0.4, -0.2) is 41.9 Å². The van der Waals surface area contributed by atoms with E-state index in [9.17, 15) is 4.79 Å². The van der Waals surface area contributed by atoms with Gasteiger partial charge in [0.2, 0.25) is 0 Å². The van der Waals surface area contributed by atoms with E-state index in [-0.39, 0.29) is 35.9 Å². The smallest absolute Gasteiger partial charge is 0.272 e. The van der Waals surface area contributed by atoms with Crippen molar-refractivity contribution in [3.05, 3.63) is 17.0 Å². The van der Waals surface area contributed by atoms with Crippen LogP contribution in [0.25, 0.3) is 0 Å². The standard InChI is InChI=1S/C16H26N4O2.ClH/c1-4-16(5-2)12(8-13(16)22-3)18-15(21)14-10-9-17-7-6-11(10)19-20-14;/h12-13,17H,4-9H2,1-3H3,(H,18,21)(H,19,20);1H. The van der Waals surface area contributed by atoms with E-state index in [4.69, 9.17) is 4.74 Å². The lowest BCUT2D eigenvalue weighted by Crippen LogP contribution is -2.64. The lowest BCUT2D eigenvalue weighted by atomic mass is 9.58. The lowest BCUT2D eigenvalue weighted by Gasteiger charge is -2.55. The van der Waals surface area contributed by atoms with Crippen molar-refractivity contribution in [3.63, 3.8) is 0 Å². The van der Waals surface area contributed by atoms with Gasteiger partial charge in [-0.2, -0.15) is 5.10 Å². The highest BCUT2D eigenvalue weighted by Crippen LogP contribution is 2.48. The maximum absolute atomic E-state index is 12.6. The number of aromatic amines is 1. The van der Waals surface area contributed by atoms with Gasteiger partial charge >= 0.3 is 0 Å². The number of fused-ring (bicyclic) bond motifs is 1. The number of halogens is 1. The van der Waals surface area contributed by atoms with Crippen LogP contribution in [0.4, 0.5) is 0 Å². The first-order valence-electron chi connectivity index (χ1n) is 8.26. The summed E-state index contributed by atoms with van der Waals surface area (Å²) in [5.74, 6) is -0.0629. The van der Waals surface area contributed by atoms with Crippen molar-refractivity contribution >= 4 is 18.3 Å². The minimum absolute atomic E-state index is 0. The zero-order chi connectivity index (χ0) is 15.7. The van der Waals surface area contributed by atoms with Gasteiger partial charge in [-0.25, -0.2) is 0 Å². The van der Waals surface area contributed by atoms with E-state index >= 15 is 0 Å². The fourth-order valence-corrected chi connectivity index (χ4v) is 4.12. The summed E-state index contributed by atoms with van der Waals surface area (Å²) in [6.07, 6.45) is 4.04. The second-order valence-electron chi connectivity index (χ2n) is 6.38. The first kappa shape index (κ1) is 18.2. The molecule has 0 bridgehead atoms. The molecule has 7 heteroatoms. The van der Waals surface area contributed by atoms with Crippen LogP contribution in [0, 0.1) is 5.41 Å². The molecule has 2 aliphatic rings. The summed E-state index contributed by atoms with van der Waals surface area (Å²) in [7, 11) is 1.76. The Bertz CT molecular complexity index is 556. The highest BCUT2D eigenvalue weighted by molar-refractivity contribution is 5.94. The third kappa shape index (κ3) is 2.88. The number of hydrogen-bond acceptors (Lipinski definition) is 4. The molecule has 1 aromatic heterocycles. The lowest BCUT2D eigenvalue weighted by molar-refractivity contribution is -0.120. The van der Waals surface area contributed by atoms with E-state index in [1.165, 1.54) is 0 Å². The van der Waals surface area contributed by atoms with Crippen molar-refractivity contribution in [1.29, 1.82) is 0 Å². The van der Waals surface area contributed by atoms with E-state index < -0.39 is 0 Å². The van der Waals surface area contributed by atoms with Crippen LogP contribution in [0.5, 0.6) is 0 Å². The van der Waals surface area contributed by atoms with Gasteiger partial charge in [0.15, 0.2) is 5.69 Å². The Morgan fingerprint density at radius 3 is 2.83 bits per heavy atom. The summed E-state index contributed by atoms with van der Waals surface area (Å²) < 4.78 is 5.59. The quantitative estimate of drug-likeness (QED) is 0.762. The zero-order valence-electron chi connectivity index (χ0n) is 14.1. The number of carbonyl (C=O) groups is 1. The maximum atomic E-state index is 12.6. The summed E-state index contributed by atoms with van der Waals surface area (Å²) in [4.78, 5) is 12.6. The van der Waals surface area contributed by atoms with E-state index in [0.717, 1.165) is 43.5 Å². The van der Waals surface area contributed by atoms with Gasteiger partial charge in [-0.05, 0) is 19.3 Å². The van der Waals surface area contributed by atoms with Crippen molar-refractivity contribution in [2.75, 3.05) is 13.7 Å². The molecule has 1 aliphatic carbocycles. The third-order valence-electron chi connectivity index (χ3n) is 5.71. The molecule has 1 aliphatic heterocycles. The number of rotatable bonds is 5. The number of H-pyrrole nitrogens is 1. The second-order valence-corrected chi connectivity index (χ2v) is 6.38. The predicted molar refractivity (Wildman–Crippen MR) is 90.9 cm³/mol. The van der Waals surface area contributed by atoms with Crippen LogP contribution in [0.2, 0.25) is 0 Å². The van der Waals surface area contributed by atoms with Crippen molar-refractivity contribution in [3.8, 4) is 0 Å². The van der Waals surface area contributed by atoms with Crippen LogP contribution in [-0.2, 0) is 17.7 Å². The van der Waals surface area contributed by atoms with Gasteiger partial charge in [0.25, 0.3) is 5.91 Å². The molecule has 1 amide bonds. The molecule has 0 spiro atoms. The highest BCUT2D eigenvalue weighted by atomic mass is 35.5. The summed E-state index contributed by atoms with van der Waals surface area (Å²) >= 11 is 0.